The first-order valence-electron chi connectivity index (χ1n) is 5.88. The van der Waals surface area contributed by atoms with E-state index in [2.05, 4.69) is 15.0 Å². The summed E-state index contributed by atoms with van der Waals surface area (Å²) >= 11 is 5.83. The minimum Gasteiger partial charge on any atom is -0.394 e. The van der Waals surface area contributed by atoms with Crippen LogP contribution in [0.3, 0.4) is 0 Å². The Morgan fingerprint density at radius 1 is 1.43 bits per heavy atom. The van der Waals surface area contributed by atoms with E-state index in [0.717, 1.165) is 17.2 Å². The summed E-state index contributed by atoms with van der Waals surface area (Å²) in [5.41, 5.74) is 0.368. The molecule has 0 radical (unpaired) electrons. The monoisotopic (exact) mass is 316 g/mol. The van der Waals surface area contributed by atoms with Gasteiger partial charge < -0.3 is 20.1 Å². The van der Waals surface area contributed by atoms with Crippen molar-refractivity contribution in [2.75, 3.05) is 13.7 Å². The van der Waals surface area contributed by atoms with E-state index in [-0.39, 0.29) is 16.3 Å². The van der Waals surface area contributed by atoms with Crippen LogP contribution in [0.4, 0.5) is 0 Å². The van der Waals surface area contributed by atoms with Gasteiger partial charge in [-0.25, -0.2) is 15.0 Å². The summed E-state index contributed by atoms with van der Waals surface area (Å²) in [6, 6.07) is 0. The zero-order valence-electron chi connectivity index (χ0n) is 10.9. The number of halogens is 1. The lowest BCUT2D eigenvalue weighted by Crippen LogP contribution is -2.46. The predicted molar refractivity (Wildman–Crippen MR) is 70.9 cm³/mol. The second-order valence-corrected chi connectivity index (χ2v) is 4.54. The van der Waals surface area contributed by atoms with Crippen LogP contribution in [-0.2, 0) is 4.74 Å². The van der Waals surface area contributed by atoms with E-state index in [1.54, 1.807) is 0 Å². The zero-order valence-corrected chi connectivity index (χ0v) is 11.7. The molecule has 10 heteroatoms. The Morgan fingerprint density at radius 2 is 2.14 bits per heavy atom. The summed E-state index contributed by atoms with van der Waals surface area (Å²) in [6.07, 6.45) is -2.21. The molecule has 114 valence electrons. The number of imidazole rings is 1. The first-order valence-corrected chi connectivity index (χ1v) is 6.26. The van der Waals surface area contributed by atoms with Crippen molar-refractivity contribution in [3.63, 3.8) is 0 Å². The number of nitrogens with zero attached hydrogens (tertiary/aromatic N) is 4. The molecule has 0 aliphatic rings. The van der Waals surface area contributed by atoms with Crippen molar-refractivity contribution < 1.29 is 24.9 Å². The van der Waals surface area contributed by atoms with Gasteiger partial charge in [0.15, 0.2) is 16.9 Å². The van der Waals surface area contributed by atoms with Crippen LogP contribution < -0.4 is 0 Å². The first kappa shape index (κ1) is 15.7. The van der Waals surface area contributed by atoms with Gasteiger partial charge in [0.05, 0.1) is 6.61 Å². The highest BCUT2D eigenvalue weighted by atomic mass is 35.5. The van der Waals surface area contributed by atoms with E-state index in [0.29, 0.717) is 0 Å². The van der Waals surface area contributed by atoms with E-state index in [9.17, 15) is 15.0 Å². The molecule has 0 saturated carbocycles. The van der Waals surface area contributed by atoms with Crippen LogP contribution in [0.2, 0.25) is 5.15 Å². The number of aliphatic hydroxyl groups is 3. The highest BCUT2D eigenvalue weighted by Gasteiger charge is 2.33. The fourth-order valence-corrected chi connectivity index (χ4v) is 1.98. The molecule has 2 rings (SSSR count). The summed E-state index contributed by atoms with van der Waals surface area (Å²) in [5, 5.41) is 28.2. The number of hydrogen-bond acceptors (Lipinski definition) is 8. The molecule has 0 fully saturated rings. The van der Waals surface area contributed by atoms with Gasteiger partial charge in [-0.15, -0.1) is 0 Å². The van der Waals surface area contributed by atoms with Crippen LogP contribution in [0.5, 0.6) is 0 Å². The third kappa shape index (κ3) is 2.87. The second-order valence-electron chi connectivity index (χ2n) is 4.19. The fraction of sp³-hybridized carbons (Fsp3) is 0.455. The van der Waals surface area contributed by atoms with E-state index < -0.39 is 30.8 Å². The maximum Gasteiger partial charge on any atom is 0.265 e. The van der Waals surface area contributed by atoms with Crippen LogP contribution in [0.15, 0.2) is 12.7 Å². The van der Waals surface area contributed by atoms with Gasteiger partial charge in [-0.2, -0.15) is 0 Å². The fourth-order valence-electron chi connectivity index (χ4n) is 1.80. The summed E-state index contributed by atoms with van der Waals surface area (Å²) in [6.45, 7) is -0.715. The van der Waals surface area contributed by atoms with E-state index in [4.69, 9.17) is 21.4 Å². The van der Waals surface area contributed by atoms with Crippen molar-refractivity contribution in [1.29, 1.82) is 0 Å². The topological polar surface area (TPSA) is 131 Å². The molecule has 0 aromatic carbocycles. The number of ether oxygens (including phenoxy) is 1. The quantitative estimate of drug-likeness (QED) is 0.589. The van der Waals surface area contributed by atoms with Gasteiger partial charge in [0, 0.05) is 7.11 Å². The molecule has 3 N–H and O–H groups in total. The second kappa shape index (κ2) is 6.41. The van der Waals surface area contributed by atoms with Crippen LogP contribution in [0.25, 0.3) is 11.2 Å². The SMILES string of the molecule is CO[C@@H](C(=O)n1cnc2c(Cl)ncnc21)[C@H](O)[C@H](O)CO. The molecule has 2 heterocycles. The van der Waals surface area contributed by atoms with E-state index in [1.807, 2.05) is 0 Å². The van der Waals surface area contributed by atoms with E-state index in [1.165, 1.54) is 7.11 Å². The van der Waals surface area contributed by atoms with Gasteiger partial charge in [-0.1, -0.05) is 11.6 Å². The molecule has 0 saturated heterocycles. The maximum atomic E-state index is 12.4. The molecule has 9 nitrogen and oxygen atoms in total. The van der Waals surface area contributed by atoms with Gasteiger partial charge in [0.1, 0.15) is 30.4 Å². The number of carbonyl (C=O) groups is 1. The average molecular weight is 317 g/mol. The van der Waals surface area contributed by atoms with Gasteiger partial charge in [-0.05, 0) is 0 Å². The Kier molecular flexibility index (Phi) is 4.80. The van der Waals surface area contributed by atoms with Crippen LogP contribution >= 0.6 is 11.6 Å². The van der Waals surface area contributed by atoms with Crippen LogP contribution in [-0.4, -0.2) is 72.8 Å². The summed E-state index contributed by atoms with van der Waals surface area (Å²) < 4.78 is 5.94. The molecule has 0 aliphatic carbocycles. The highest BCUT2D eigenvalue weighted by Crippen LogP contribution is 2.18. The molecule has 0 amide bonds. The number of methoxy groups -OCH3 is 1. The maximum absolute atomic E-state index is 12.4. The summed E-state index contributed by atoms with van der Waals surface area (Å²) in [4.78, 5) is 23.9. The standard InChI is InChI=1S/C11H13ClN4O5/c1-21-8(7(19)5(18)2-17)11(20)16-4-15-6-9(12)13-3-14-10(6)16/h3-5,7-8,17-19H,2H2,1H3/t5-,7-,8-/m1/s1. The lowest BCUT2D eigenvalue weighted by atomic mass is 10.1. The number of carbonyl (C=O) groups excluding carboxylic acids is 1. The molecular weight excluding hydrogens is 304 g/mol. The third-order valence-electron chi connectivity index (χ3n) is 2.92. The first-order chi connectivity index (χ1) is 10.0. The normalized spacial score (nSPS) is 15.9. The van der Waals surface area contributed by atoms with Crippen molar-refractivity contribution in [2.24, 2.45) is 0 Å². The van der Waals surface area contributed by atoms with Crippen molar-refractivity contribution in [2.45, 2.75) is 18.3 Å². The molecule has 21 heavy (non-hydrogen) atoms. The minimum absolute atomic E-state index is 0.0801. The number of aromatic nitrogens is 4. The molecule has 2 aromatic heterocycles. The largest absolute Gasteiger partial charge is 0.394 e. The Morgan fingerprint density at radius 3 is 2.76 bits per heavy atom. The zero-order chi connectivity index (χ0) is 15.6. The highest BCUT2D eigenvalue weighted by molar-refractivity contribution is 6.33. The third-order valence-corrected chi connectivity index (χ3v) is 3.19. The Labute approximate surface area is 123 Å². The van der Waals surface area contributed by atoms with Crippen molar-refractivity contribution in [3.8, 4) is 0 Å². The number of rotatable bonds is 5. The molecule has 0 unspecified atom stereocenters. The van der Waals surface area contributed by atoms with Gasteiger partial charge in [0.25, 0.3) is 5.91 Å². The molecule has 0 aliphatic heterocycles. The van der Waals surface area contributed by atoms with Crippen molar-refractivity contribution >= 4 is 28.7 Å². The molecule has 0 bridgehead atoms. The lowest BCUT2D eigenvalue weighted by molar-refractivity contribution is -0.0783. The van der Waals surface area contributed by atoms with Crippen molar-refractivity contribution in [1.82, 2.24) is 19.5 Å². The molecule has 2 aromatic rings. The molecule has 0 spiro atoms. The van der Waals surface area contributed by atoms with E-state index >= 15 is 0 Å². The van der Waals surface area contributed by atoms with Gasteiger partial charge in [0.2, 0.25) is 0 Å². The van der Waals surface area contributed by atoms with Crippen LogP contribution in [0.1, 0.15) is 4.79 Å². The van der Waals surface area contributed by atoms with Gasteiger partial charge >= 0.3 is 0 Å². The van der Waals surface area contributed by atoms with Gasteiger partial charge in [-0.3, -0.25) is 9.36 Å². The Balaban J connectivity index is 2.38. The van der Waals surface area contributed by atoms with Crippen LogP contribution in [0, 0.1) is 0 Å². The smallest absolute Gasteiger partial charge is 0.265 e. The minimum atomic E-state index is -1.61. The van der Waals surface area contributed by atoms with Crippen molar-refractivity contribution in [3.05, 3.63) is 17.8 Å². The molecular formula is C11H13ClN4O5. The number of hydrogen-bond donors (Lipinski definition) is 3. The predicted octanol–water partition coefficient (Wildman–Crippen LogP) is -1.15. The Hall–Kier alpha value is -1.65. The number of aliphatic hydroxyl groups excluding tert-OH is 3. The average Bonchev–Trinajstić information content (AvgIpc) is 2.92. The number of fused-ring (bicyclic) bond motifs is 1. The lowest BCUT2D eigenvalue weighted by Gasteiger charge is -2.23. The summed E-state index contributed by atoms with van der Waals surface area (Å²) in [7, 11) is 1.19. The summed E-state index contributed by atoms with van der Waals surface area (Å²) in [5.74, 6) is -0.713. The Bertz CT molecular complexity index is 649. The molecule has 3 atom stereocenters.